The average Bonchev–Trinajstić information content (AvgIpc) is 2.24. The minimum atomic E-state index is 0. The van der Waals surface area contributed by atoms with Crippen LogP contribution in [0.2, 0.25) is 0 Å². The molecule has 0 aliphatic heterocycles. The fourth-order valence-corrected chi connectivity index (χ4v) is 0.470. The molecular formula is C9H17OZr. The number of aliphatic hydroxyl groups excluding tert-OH is 1. The molecule has 0 atom stereocenters. The Morgan fingerprint density at radius 2 is 1.27 bits per heavy atom. The van der Waals surface area contributed by atoms with Gasteiger partial charge in [0.2, 0.25) is 0 Å². The molecule has 1 N–H and O–H groups in total. The standard InChI is InChI=1S/C6H7.CH4O.2CH3.Zr/c1-6-4-2-3-5-6;1-2;;;/h2-5H,1H3;2H,1H3;2*1H3;/q-1;;2*-1;+3. The Balaban J connectivity index is -0.0000000459. The van der Waals surface area contributed by atoms with Crippen LogP contribution in [-0.4, -0.2) is 12.2 Å². The van der Waals surface area contributed by atoms with Crippen molar-refractivity contribution in [1.29, 1.82) is 0 Å². The van der Waals surface area contributed by atoms with E-state index in [1.807, 2.05) is 12.1 Å². The summed E-state index contributed by atoms with van der Waals surface area (Å²) in [6, 6.07) is 8.24. The van der Waals surface area contributed by atoms with Gasteiger partial charge >= 0.3 is 26.2 Å². The van der Waals surface area contributed by atoms with Gasteiger partial charge in [-0.15, -0.1) is 0 Å². The molecule has 0 bridgehead atoms. The van der Waals surface area contributed by atoms with E-state index < -0.39 is 0 Å². The molecule has 1 rings (SSSR count). The Morgan fingerprint density at radius 1 is 1.00 bits per heavy atom. The van der Waals surface area contributed by atoms with E-state index in [2.05, 4.69) is 19.1 Å². The van der Waals surface area contributed by atoms with E-state index in [9.17, 15) is 0 Å². The van der Waals surface area contributed by atoms with Crippen molar-refractivity contribution in [3.63, 3.8) is 0 Å². The van der Waals surface area contributed by atoms with Crippen molar-refractivity contribution in [2.45, 2.75) is 6.92 Å². The first-order valence-corrected chi connectivity index (χ1v) is 2.52. The molecule has 0 unspecified atom stereocenters. The molecular weight excluding hydrogens is 215 g/mol. The fraction of sp³-hybridized carbons (Fsp3) is 0.222. The van der Waals surface area contributed by atoms with Crippen LogP contribution >= 0.6 is 0 Å². The summed E-state index contributed by atoms with van der Waals surface area (Å²) in [6.07, 6.45) is 0. The molecule has 0 aliphatic rings. The van der Waals surface area contributed by atoms with E-state index in [0.29, 0.717) is 0 Å². The monoisotopic (exact) mass is 231 g/mol. The van der Waals surface area contributed by atoms with Crippen molar-refractivity contribution in [3.8, 4) is 0 Å². The van der Waals surface area contributed by atoms with Crippen LogP contribution in [-0.2, 0) is 26.2 Å². The minimum Gasteiger partial charge on any atom is -0.400 e. The number of rotatable bonds is 0. The normalized spacial score (nSPS) is 5.36. The van der Waals surface area contributed by atoms with Crippen LogP contribution in [0.1, 0.15) is 5.56 Å². The van der Waals surface area contributed by atoms with Gasteiger partial charge in [-0.2, -0.15) is 17.7 Å². The van der Waals surface area contributed by atoms with Crippen LogP contribution in [0.4, 0.5) is 0 Å². The second-order valence-electron chi connectivity index (χ2n) is 1.46. The third kappa shape index (κ3) is 13.2. The second kappa shape index (κ2) is 16.6. The van der Waals surface area contributed by atoms with Gasteiger partial charge in [0.05, 0.1) is 0 Å². The molecule has 0 spiro atoms. The van der Waals surface area contributed by atoms with Crippen molar-refractivity contribution in [2.24, 2.45) is 0 Å². The first-order chi connectivity index (χ1) is 3.89. The van der Waals surface area contributed by atoms with Crippen LogP contribution in [0.3, 0.4) is 0 Å². The zero-order valence-corrected chi connectivity index (χ0v) is 10.2. The average molecular weight is 232 g/mol. The van der Waals surface area contributed by atoms with E-state index in [0.717, 1.165) is 7.11 Å². The van der Waals surface area contributed by atoms with Gasteiger partial charge in [-0.3, -0.25) is 0 Å². The summed E-state index contributed by atoms with van der Waals surface area (Å²) in [4.78, 5) is 0. The molecule has 63 valence electrons. The largest absolute Gasteiger partial charge is 3.00 e. The predicted octanol–water partition coefficient (Wildman–Crippen LogP) is 2.22. The Bertz CT molecular complexity index is 113. The van der Waals surface area contributed by atoms with Crippen LogP contribution in [0.25, 0.3) is 0 Å². The fourth-order valence-electron chi connectivity index (χ4n) is 0.470. The van der Waals surface area contributed by atoms with Crippen LogP contribution in [0.5, 0.6) is 0 Å². The summed E-state index contributed by atoms with van der Waals surface area (Å²) < 4.78 is 0. The van der Waals surface area contributed by atoms with Crippen molar-refractivity contribution in [2.75, 3.05) is 7.11 Å². The van der Waals surface area contributed by atoms with E-state index in [1.165, 1.54) is 5.56 Å². The molecule has 2 heteroatoms. The predicted molar refractivity (Wildman–Crippen MR) is 47.7 cm³/mol. The van der Waals surface area contributed by atoms with Crippen molar-refractivity contribution in [1.82, 2.24) is 0 Å². The molecule has 1 aromatic rings. The Hall–Kier alpha value is 0.193. The van der Waals surface area contributed by atoms with E-state index in [1.54, 1.807) is 0 Å². The first kappa shape index (κ1) is 22.5. The quantitative estimate of drug-likeness (QED) is 0.680. The van der Waals surface area contributed by atoms with Crippen LogP contribution < -0.4 is 0 Å². The van der Waals surface area contributed by atoms with Gasteiger partial charge in [0.25, 0.3) is 0 Å². The summed E-state index contributed by atoms with van der Waals surface area (Å²) >= 11 is 0. The molecule has 0 saturated carbocycles. The van der Waals surface area contributed by atoms with Crippen molar-refractivity contribution >= 4 is 0 Å². The molecule has 0 fully saturated rings. The zero-order chi connectivity index (χ0) is 6.41. The summed E-state index contributed by atoms with van der Waals surface area (Å²) in [5.74, 6) is 0. The van der Waals surface area contributed by atoms with E-state index in [-0.39, 0.29) is 41.1 Å². The number of aryl methyl sites for hydroxylation is 1. The summed E-state index contributed by atoms with van der Waals surface area (Å²) in [5, 5.41) is 7.00. The Labute approximate surface area is 89.9 Å². The van der Waals surface area contributed by atoms with E-state index >= 15 is 0 Å². The van der Waals surface area contributed by atoms with Gasteiger partial charge in [-0.05, 0) is 0 Å². The third-order valence-electron chi connectivity index (χ3n) is 0.829. The molecule has 0 aromatic heterocycles. The number of hydrogen-bond donors (Lipinski definition) is 1. The molecule has 0 aliphatic carbocycles. The Kier molecular flexibility index (Phi) is 34.0. The van der Waals surface area contributed by atoms with Gasteiger partial charge in [0.15, 0.2) is 0 Å². The number of aliphatic hydroxyl groups is 1. The molecule has 0 saturated heterocycles. The SMILES string of the molecule is CO.C[c-]1cccc1.[CH3-].[CH3-].[Zr+3]. The van der Waals surface area contributed by atoms with Crippen LogP contribution in [0.15, 0.2) is 24.3 Å². The molecule has 1 radical (unpaired) electrons. The van der Waals surface area contributed by atoms with E-state index in [4.69, 9.17) is 5.11 Å². The summed E-state index contributed by atoms with van der Waals surface area (Å²) in [6.45, 7) is 2.08. The maximum Gasteiger partial charge on any atom is 3.00 e. The van der Waals surface area contributed by atoms with Gasteiger partial charge in [-0.25, -0.2) is 12.1 Å². The summed E-state index contributed by atoms with van der Waals surface area (Å²) in [7, 11) is 1.00. The minimum absolute atomic E-state index is 0. The third-order valence-corrected chi connectivity index (χ3v) is 0.829. The first-order valence-electron chi connectivity index (χ1n) is 2.52. The van der Waals surface area contributed by atoms with Gasteiger partial charge in [0.1, 0.15) is 0 Å². The maximum absolute atomic E-state index is 7.00. The molecule has 11 heavy (non-hydrogen) atoms. The molecule has 0 amide bonds. The molecule has 1 aromatic carbocycles. The Morgan fingerprint density at radius 3 is 1.36 bits per heavy atom. The van der Waals surface area contributed by atoms with Gasteiger partial charge in [-0.1, -0.05) is 6.92 Å². The molecule has 1 nitrogen and oxygen atoms in total. The van der Waals surface area contributed by atoms with Crippen molar-refractivity contribution < 1.29 is 31.3 Å². The van der Waals surface area contributed by atoms with Gasteiger partial charge in [0, 0.05) is 7.11 Å². The molecule has 0 heterocycles. The second-order valence-corrected chi connectivity index (χ2v) is 1.46. The zero-order valence-electron chi connectivity index (χ0n) is 7.76. The number of hydrogen-bond acceptors (Lipinski definition) is 1. The maximum atomic E-state index is 7.00. The van der Waals surface area contributed by atoms with Crippen LogP contribution in [0, 0.1) is 21.8 Å². The summed E-state index contributed by atoms with van der Waals surface area (Å²) in [5.41, 5.74) is 1.34. The van der Waals surface area contributed by atoms with Gasteiger partial charge < -0.3 is 20.0 Å². The smallest absolute Gasteiger partial charge is 0.400 e. The van der Waals surface area contributed by atoms with Crippen molar-refractivity contribution in [3.05, 3.63) is 44.7 Å². The topological polar surface area (TPSA) is 20.2 Å².